The topological polar surface area (TPSA) is 42.1 Å². The smallest absolute Gasteiger partial charge is 0.0722 e. The van der Waals surface area contributed by atoms with Crippen LogP contribution in [0, 0.1) is 0 Å². The molecule has 1 fully saturated rings. The predicted molar refractivity (Wildman–Crippen MR) is 80.4 cm³/mol. The summed E-state index contributed by atoms with van der Waals surface area (Å²) < 4.78 is 0. The fourth-order valence-electron chi connectivity index (χ4n) is 3.19. The van der Waals surface area contributed by atoms with Gasteiger partial charge >= 0.3 is 0 Å². The van der Waals surface area contributed by atoms with Crippen molar-refractivity contribution in [2.24, 2.45) is 5.73 Å². The Morgan fingerprint density at radius 1 is 1.16 bits per heavy atom. The summed E-state index contributed by atoms with van der Waals surface area (Å²) in [7, 11) is 0. The molecule has 0 atom stereocenters. The van der Waals surface area contributed by atoms with Crippen molar-refractivity contribution < 1.29 is 0 Å². The largest absolute Gasteiger partial charge is 0.367 e. The van der Waals surface area contributed by atoms with E-state index in [2.05, 4.69) is 34.1 Å². The van der Waals surface area contributed by atoms with Crippen LogP contribution in [-0.4, -0.2) is 24.1 Å². The van der Waals surface area contributed by atoms with E-state index in [-0.39, 0.29) is 0 Å². The number of fused-ring (bicyclic) bond motifs is 1. The van der Waals surface area contributed by atoms with E-state index in [0.717, 1.165) is 12.1 Å². The highest BCUT2D eigenvalue weighted by atomic mass is 15.2. The van der Waals surface area contributed by atoms with Crippen molar-refractivity contribution in [2.75, 3.05) is 18.0 Å². The second-order valence-electron chi connectivity index (χ2n) is 5.27. The van der Waals surface area contributed by atoms with E-state index in [1.54, 1.807) is 0 Å². The lowest BCUT2D eigenvalue weighted by Gasteiger charge is -2.31. The number of hydrogen-bond donors (Lipinski definition) is 1. The summed E-state index contributed by atoms with van der Waals surface area (Å²) in [4.78, 5) is 6.95. The third-order valence-electron chi connectivity index (χ3n) is 4.07. The normalized spacial score (nSPS) is 16.1. The number of benzene rings is 1. The zero-order valence-corrected chi connectivity index (χ0v) is 11.3. The molecule has 0 bridgehead atoms. The van der Waals surface area contributed by atoms with Gasteiger partial charge in [-0.3, -0.25) is 4.98 Å². The molecule has 0 radical (unpaired) electrons. The van der Waals surface area contributed by atoms with Crippen LogP contribution in [0.25, 0.3) is 10.9 Å². The first-order valence-electron chi connectivity index (χ1n) is 7.20. The summed E-state index contributed by atoms with van der Waals surface area (Å²) in [6.07, 6.45) is 7.17. The number of nitrogens with two attached hydrogens (primary N) is 1. The number of para-hydroxylation sites is 1. The third kappa shape index (κ3) is 2.43. The van der Waals surface area contributed by atoms with Crippen LogP contribution < -0.4 is 10.6 Å². The van der Waals surface area contributed by atoms with Crippen LogP contribution in [0.4, 0.5) is 5.69 Å². The molecule has 2 N–H and O–H groups in total. The Kier molecular flexibility index (Phi) is 3.65. The molecule has 19 heavy (non-hydrogen) atoms. The number of aromatic nitrogens is 1. The molecule has 1 aromatic carbocycles. The lowest BCUT2D eigenvalue weighted by molar-refractivity contribution is 0.610. The van der Waals surface area contributed by atoms with E-state index in [9.17, 15) is 0 Å². The van der Waals surface area contributed by atoms with Gasteiger partial charge < -0.3 is 10.6 Å². The van der Waals surface area contributed by atoms with E-state index in [0.29, 0.717) is 12.6 Å². The number of pyridine rings is 1. The standard InChI is InChI=1S/C16H21N3/c17-10-12-19(13-5-1-2-6-13)16-9-11-18-15-8-4-3-7-14(15)16/h3-4,7-9,11,13H,1-2,5-6,10,12,17H2. The first-order valence-corrected chi connectivity index (χ1v) is 7.20. The van der Waals surface area contributed by atoms with E-state index >= 15 is 0 Å². The van der Waals surface area contributed by atoms with Gasteiger partial charge in [0.1, 0.15) is 0 Å². The molecular weight excluding hydrogens is 234 g/mol. The molecule has 0 saturated heterocycles. The summed E-state index contributed by atoms with van der Waals surface area (Å²) >= 11 is 0. The fourth-order valence-corrected chi connectivity index (χ4v) is 3.19. The fraction of sp³-hybridized carbons (Fsp3) is 0.438. The lowest BCUT2D eigenvalue weighted by atomic mass is 10.1. The SMILES string of the molecule is NCCN(c1ccnc2ccccc12)C1CCCC1. The van der Waals surface area contributed by atoms with Gasteiger partial charge in [-0.2, -0.15) is 0 Å². The quantitative estimate of drug-likeness (QED) is 0.913. The molecule has 3 heteroatoms. The van der Waals surface area contributed by atoms with Gasteiger partial charge in [0.25, 0.3) is 0 Å². The maximum Gasteiger partial charge on any atom is 0.0722 e. The van der Waals surface area contributed by atoms with Gasteiger partial charge in [-0.25, -0.2) is 0 Å². The van der Waals surface area contributed by atoms with Gasteiger partial charge in [-0.1, -0.05) is 31.0 Å². The second-order valence-corrected chi connectivity index (χ2v) is 5.27. The molecule has 0 spiro atoms. The molecule has 0 unspecified atom stereocenters. The minimum Gasteiger partial charge on any atom is -0.367 e. The third-order valence-corrected chi connectivity index (χ3v) is 4.07. The number of nitrogens with zero attached hydrogens (tertiary/aromatic N) is 2. The maximum absolute atomic E-state index is 5.82. The molecule has 1 aliphatic carbocycles. The summed E-state index contributed by atoms with van der Waals surface area (Å²) in [6.45, 7) is 1.63. The molecular formula is C16H21N3. The number of hydrogen-bond acceptors (Lipinski definition) is 3. The predicted octanol–water partition coefficient (Wildman–Crippen LogP) is 2.94. The van der Waals surface area contributed by atoms with Crippen LogP contribution in [0.3, 0.4) is 0 Å². The van der Waals surface area contributed by atoms with Crippen molar-refractivity contribution >= 4 is 16.6 Å². The van der Waals surface area contributed by atoms with Gasteiger partial charge in [0, 0.05) is 36.4 Å². The Labute approximate surface area is 114 Å². The van der Waals surface area contributed by atoms with Gasteiger partial charge in [0.15, 0.2) is 0 Å². The number of rotatable bonds is 4. The van der Waals surface area contributed by atoms with Gasteiger partial charge in [0.05, 0.1) is 5.52 Å². The van der Waals surface area contributed by atoms with Crippen LogP contribution in [0.1, 0.15) is 25.7 Å². The Morgan fingerprint density at radius 2 is 1.95 bits per heavy atom. The molecule has 1 saturated carbocycles. The maximum atomic E-state index is 5.82. The first kappa shape index (κ1) is 12.4. The minimum atomic E-state index is 0.648. The average Bonchev–Trinajstić information content (AvgIpc) is 2.98. The van der Waals surface area contributed by atoms with E-state index in [4.69, 9.17) is 5.73 Å². The molecule has 0 aliphatic heterocycles. The van der Waals surface area contributed by atoms with Crippen LogP contribution >= 0.6 is 0 Å². The van der Waals surface area contributed by atoms with E-state index < -0.39 is 0 Å². The first-order chi connectivity index (χ1) is 9.40. The Balaban J connectivity index is 2.03. The molecule has 1 aliphatic rings. The van der Waals surface area contributed by atoms with Crippen molar-refractivity contribution in [1.82, 2.24) is 4.98 Å². The second kappa shape index (κ2) is 5.57. The summed E-state index contributed by atoms with van der Waals surface area (Å²) in [6, 6.07) is 11.2. The van der Waals surface area contributed by atoms with Crippen LogP contribution in [0.5, 0.6) is 0 Å². The van der Waals surface area contributed by atoms with Crippen molar-refractivity contribution in [3.05, 3.63) is 36.5 Å². The van der Waals surface area contributed by atoms with Crippen molar-refractivity contribution in [1.29, 1.82) is 0 Å². The summed E-state index contributed by atoms with van der Waals surface area (Å²) in [5.41, 5.74) is 8.19. The molecule has 3 nitrogen and oxygen atoms in total. The zero-order chi connectivity index (χ0) is 13.1. The monoisotopic (exact) mass is 255 g/mol. The minimum absolute atomic E-state index is 0.648. The highest BCUT2D eigenvalue weighted by Crippen LogP contribution is 2.32. The highest BCUT2D eigenvalue weighted by molar-refractivity contribution is 5.91. The van der Waals surface area contributed by atoms with E-state index in [1.807, 2.05) is 12.3 Å². The average molecular weight is 255 g/mol. The molecule has 3 rings (SSSR count). The Morgan fingerprint density at radius 3 is 2.74 bits per heavy atom. The van der Waals surface area contributed by atoms with Gasteiger partial charge in [0.2, 0.25) is 0 Å². The summed E-state index contributed by atoms with van der Waals surface area (Å²) in [5, 5.41) is 1.24. The molecule has 1 aromatic heterocycles. The van der Waals surface area contributed by atoms with Crippen LogP contribution in [0.15, 0.2) is 36.5 Å². The van der Waals surface area contributed by atoms with Crippen LogP contribution in [0.2, 0.25) is 0 Å². The lowest BCUT2D eigenvalue weighted by Crippen LogP contribution is -2.37. The Bertz CT molecular complexity index is 541. The van der Waals surface area contributed by atoms with Crippen molar-refractivity contribution in [3.63, 3.8) is 0 Å². The van der Waals surface area contributed by atoms with Crippen molar-refractivity contribution in [2.45, 2.75) is 31.7 Å². The number of anilines is 1. The molecule has 2 aromatic rings. The van der Waals surface area contributed by atoms with Crippen LogP contribution in [-0.2, 0) is 0 Å². The summed E-state index contributed by atoms with van der Waals surface area (Å²) in [5.74, 6) is 0. The highest BCUT2D eigenvalue weighted by Gasteiger charge is 2.23. The van der Waals surface area contributed by atoms with Gasteiger partial charge in [-0.05, 0) is 25.0 Å². The van der Waals surface area contributed by atoms with E-state index in [1.165, 1.54) is 36.8 Å². The zero-order valence-electron chi connectivity index (χ0n) is 11.3. The molecule has 1 heterocycles. The Hall–Kier alpha value is -1.61. The van der Waals surface area contributed by atoms with Gasteiger partial charge in [-0.15, -0.1) is 0 Å². The molecule has 0 amide bonds. The molecule has 100 valence electrons. The van der Waals surface area contributed by atoms with Crippen molar-refractivity contribution in [3.8, 4) is 0 Å².